The van der Waals surface area contributed by atoms with Crippen LogP contribution in [-0.4, -0.2) is 12.6 Å². The number of rotatable bonds is 20. The van der Waals surface area contributed by atoms with Crippen LogP contribution in [0.3, 0.4) is 0 Å². The van der Waals surface area contributed by atoms with E-state index in [9.17, 15) is 4.79 Å². The molecule has 0 saturated carbocycles. The molecule has 0 amide bonds. The van der Waals surface area contributed by atoms with Crippen LogP contribution in [0.15, 0.2) is 24.3 Å². The second-order valence-corrected chi connectivity index (χ2v) is 9.27. The molecule has 0 aliphatic carbocycles. The third-order valence-electron chi connectivity index (χ3n) is 6.03. The molecule has 0 fully saturated rings. The maximum Gasteiger partial charge on any atom is 0.373 e. The lowest BCUT2D eigenvalue weighted by molar-refractivity contribution is -0.241. The third kappa shape index (κ3) is 15.1. The molecule has 1 rings (SSSR count). The molecule has 0 aromatic heterocycles. The van der Waals surface area contributed by atoms with E-state index >= 15 is 0 Å². The first-order valence-corrected chi connectivity index (χ1v) is 13.1. The molecule has 1 aromatic carbocycles. The summed E-state index contributed by atoms with van der Waals surface area (Å²) in [5.41, 5.74) is 1.75. The van der Waals surface area contributed by atoms with Gasteiger partial charge in [0.05, 0.1) is 12.2 Å². The summed E-state index contributed by atoms with van der Waals surface area (Å²) in [5.74, 6) is 0.0445. The second kappa shape index (κ2) is 19.3. The molecule has 0 N–H and O–H groups in total. The van der Waals surface area contributed by atoms with Crippen LogP contribution in [0.5, 0.6) is 0 Å². The van der Waals surface area contributed by atoms with Gasteiger partial charge in [0.15, 0.2) is 0 Å². The maximum atomic E-state index is 12.0. The van der Waals surface area contributed by atoms with Gasteiger partial charge in [-0.3, -0.25) is 4.89 Å². The zero-order valence-electron chi connectivity index (χ0n) is 20.6. The van der Waals surface area contributed by atoms with Crippen molar-refractivity contribution in [2.24, 2.45) is 0 Å². The number of benzene rings is 1. The molecule has 0 unspecified atom stereocenters. The number of carbonyl (C=O) groups is 1. The summed E-state index contributed by atoms with van der Waals surface area (Å²) < 4.78 is 0. The van der Waals surface area contributed by atoms with E-state index < -0.39 is 5.97 Å². The molecule has 0 spiro atoms. The van der Waals surface area contributed by atoms with Gasteiger partial charge in [0.2, 0.25) is 0 Å². The normalized spacial score (nSPS) is 11.2. The second-order valence-electron chi connectivity index (χ2n) is 9.27. The Morgan fingerprint density at radius 2 is 1.10 bits per heavy atom. The molecule has 0 heterocycles. The average Bonchev–Trinajstić information content (AvgIpc) is 2.78. The molecule has 178 valence electrons. The Morgan fingerprint density at radius 1 is 0.677 bits per heavy atom. The lowest BCUT2D eigenvalue weighted by Crippen LogP contribution is -2.07. The van der Waals surface area contributed by atoms with Gasteiger partial charge in [-0.05, 0) is 30.0 Å². The quantitative estimate of drug-likeness (QED) is 0.117. The molecule has 0 saturated heterocycles. The summed E-state index contributed by atoms with van der Waals surface area (Å²) in [6, 6.07) is 7.54. The van der Waals surface area contributed by atoms with Gasteiger partial charge in [-0.25, -0.2) is 4.79 Å². The Morgan fingerprint density at radius 3 is 1.52 bits per heavy atom. The van der Waals surface area contributed by atoms with Gasteiger partial charge in [0, 0.05) is 0 Å². The van der Waals surface area contributed by atoms with Crippen LogP contribution in [0.1, 0.15) is 145 Å². The molecular formula is C28H48O3. The van der Waals surface area contributed by atoms with Crippen LogP contribution in [0.25, 0.3) is 0 Å². The lowest BCUT2D eigenvalue weighted by atomic mass is 10.0. The predicted octanol–water partition coefficient (Wildman–Crippen LogP) is 9.16. The van der Waals surface area contributed by atoms with E-state index in [-0.39, 0.29) is 0 Å². The highest BCUT2D eigenvalue weighted by molar-refractivity contribution is 5.88. The van der Waals surface area contributed by atoms with Crippen molar-refractivity contribution in [1.82, 2.24) is 0 Å². The summed E-state index contributed by atoms with van der Waals surface area (Å²) in [6.45, 7) is 7.03. The Labute approximate surface area is 192 Å². The maximum absolute atomic E-state index is 12.0. The molecule has 0 atom stereocenters. The molecule has 0 bridgehead atoms. The number of hydrogen-bond donors (Lipinski definition) is 0. The van der Waals surface area contributed by atoms with E-state index in [0.717, 1.165) is 12.8 Å². The van der Waals surface area contributed by atoms with Crippen molar-refractivity contribution in [3.63, 3.8) is 0 Å². The van der Waals surface area contributed by atoms with Gasteiger partial charge >= 0.3 is 5.97 Å². The number of unbranched alkanes of at least 4 members (excludes halogenated alkanes) is 15. The summed E-state index contributed by atoms with van der Waals surface area (Å²) in [5, 5.41) is 0. The van der Waals surface area contributed by atoms with Crippen LogP contribution in [0.4, 0.5) is 0 Å². The lowest BCUT2D eigenvalue weighted by Gasteiger charge is -2.07. The fourth-order valence-electron chi connectivity index (χ4n) is 3.86. The van der Waals surface area contributed by atoms with Crippen molar-refractivity contribution in [1.29, 1.82) is 0 Å². The molecule has 31 heavy (non-hydrogen) atoms. The van der Waals surface area contributed by atoms with E-state index in [1.165, 1.54) is 95.5 Å². The highest BCUT2D eigenvalue weighted by Crippen LogP contribution is 2.16. The van der Waals surface area contributed by atoms with Gasteiger partial charge in [0.1, 0.15) is 0 Å². The minimum Gasteiger partial charge on any atom is -0.293 e. The SMILES string of the molecule is CCCCCCCCCCCCCCCCCCOOC(=O)c1ccc(C(C)C)cc1. The van der Waals surface area contributed by atoms with Gasteiger partial charge in [-0.1, -0.05) is 129 Å². The zero-order chi connectivity index (χ0) is 22.6. The summed E-state index contributed by atoms with van der Waals surface area (Å²) in [6.07, 6.45) is 21.5. The summed E-state index contributed by atoms with van der Waals surface area (Å²) in [4.78, 5) is 22.0. The van der Waals surface area contributed by atoms with Crippen molar-refractivity contribution in [2.45, 2.75) is 129 Å². The van der Waals surface area contributed by atoms with Gasteiger partial charge < -0.3 is 0 Å². The van der Waals surface area contributed by atoms with Crippen molar-refractivity contribution in [3.8, 4) is 0 Å². The minimum absolute atomic E-state index is 0.410. The number of hydrogen-bond acceptors (Lipinski definition) is 3. The van der Waals surface area contributed by atoms with Crippen molar-refractivity contribution < 1.29 is 14.6 Å². The molecule has 0 aliphatic heterocycles. The van der Waals surface area contributed by atoms with Crippen molar-refractivity contribution >= 4 is 5.97 Å². The predicted molar refractivity (Wildman–Crippen MR) is 131 cm³/mol. The third-order valence-corrected chi connectivity index (χ3v) is 6.03. The van der Waals surface area contributed by atoms with Gasteiger partial charge in [-0.15, -0.1) is 0 Å². The van der Waals surface area contributed by atoms with Crippen molar-refractivity contribution in [2.75, 3.05) is 6.61 Å². The first-order chi connectivity index (χ1) is 15.1. The van der Waals surface area contributed by atoms with Crippen LogP contribution in [0, 0.1) is 0 Å². The monoisotopic (exact) mass is 432 g/mol. The topological polar surface area (TPSA) is 35.5 Å². The van der Waals surface area contributed by atoms with Crippen LogP contribution in [0.2, 0.25) is 0 Å². The first kappa shape index (κ1) is 27.7. The fourth-order valence-corrected chi connectivity index (χ4v) is 3.86. The molecule has 3 heteroatoms. The molecule has 0 aliphatic rings. The summed E-state index contributed by atoms with van der Waals surface area (Å²) in [7, 11) is 0. The van der Waals surface area contributed by atoms with Crippen LogP contribution in [-0.2, 0) is 9.78 Å². The van der Waals surface area contributed by atoms with Crippen LogP contribution < -0.4 is 0 Å². The first-order valence-electron chi connectivity index (χ1n) is 13.1. The standard InChI is InChI=1S/C28H48O3/c1-4-5-6-7-8-9-10-11-12-13-14-15-16-17-18-19-24-30-31-28(29)27-22-20-26(21-23-27)25(2)3/h20-23,25H,4-19,24H2,1-3H3. The Kier molecular flexibility index (Phi) is 17.3. The van der Waals surface area contributed by atoms with Gasteiger partial charge in [0.25, 0.3) is 0 Å². The van der Waals surface area contributed by atoms with E-state index in [1.807, 2.05) is 12.1 Å². The van der Waals surface area contributed by atoms with E-state index in [4.69, 9.17) is 9.78 Å². The molecule has 0 radical (unpaired) electrons. The fraction of sp³-hybridized carbons (Fsp3) is 0.750. The highest BCUT2D eigenvalue weighted by atomic mass is 17.2. The smallest absolute Gasteiger partial charge is 0.293 e. The van der Waals surface area contributed by atoms with Crippen molar-refractivity contribution in [3.05, 3.63) is 35.4 Å². The Hall–Kier alpha value is -1.35. The number of carbonyl (C=O) groups excluding carboxylic acids is 1. The Bertz CT molecular complexity index is 536. The average molecular weight is 433 g/mol. The minimum atomic E-state index is -0.410. The largest absolute Gasteiger partial charge is 0.373 e. The highest BCUT2D eigenvalue weighted by Gasteiger charge is 2.09. The van der Waals surface area contributed by atoms with E-state index in [1.54, 1.807) is 12.1 Å². The van der Waals surface area contributed by atoms with Crippen LogP contribution >= 0.6 is 0 Å². The molecule has 1 aromatic rings. The van der Waals surface area contributed by atoms with Gasteiger partial charge in [-0.2, -0.15) is 4.89 Å². The molecule has 3 nitrogen and oxygen atoms in total. The molecular weight excluding hydrogens is 384 g/mol. The zero-order valence-corrected chi connectivity index (χ0v) is 20.6. The Balaban J connectivity index is 1.83. The van der Waals surface area contributed by atoms with E-state index in [0.29, 0.717) is 18.1 Å². The van der Waals surface area contributed by atoms with E-state index in [2.05, 4.69) is 20.8 Å². The summed E-state index contributed by atoms with van der Waals surface area (Å²) >= 11 is 0.